The predicted octanol–water partition coefficient (Wildman–Crippen LogP) is 2.86. The van der Waals surface area contributed by atoms with Crippen molar-refractivity contribution < 1.29 is 36.6 Å². The van der Waals surface area contributed by atoms with Gasteiger partial charge in [0.25, 0.3) is 0 Å². The van der Waals surface area contributed by atoms with Gasteiger partial charge in [0.2, 0.25) is 0 Å². The maximum absolute atomic E-state index is 13.4. The lowest BCUT2D eigenvalue weighted by Gasteiger charge is -2.40. The summed E-state index contributed by atoms with van der Waals surface area (Å²) in [5.41, 5.74) is -3.92. The Morgan fingerprint density at radius 2 is 1.62 bits per heavy atom. The number of benzene rings is 1. The molecule has 3 nitrogen and oxygen atoms in total. The third-order valence-corrected chi connectivity index (χ3v) is 3.65. The van der Waals surface area contributed by atoms with E-state index < -0.39 is 36.2 Å². The molecule has 1 unspecified atom stereocenters. The number of nitrogens with one attached hydrogen (secondary N) is 1. The number of aliphatic hydroxyl groups excluding tert-OH is 2. The number of hydrogen-bond donors (Lipinski definition) is 3. The van der Waals surface area contributed by atoms with Crippen molar-refractivity contribution in [2.45, 2.75) is 24.0 Å². The molecule has 3 N–H and O–H groups in total. The molecule has 132 valence electrons. The Bertz CT molecular complexity index is 647. The molecule has 1 aliphatic heterocycles. The Morgan fingerprint density at radius 3 is 2.08 bits per heavy atom. The van der Waals surface area contributed by atoms with Crippen molar-refractivity contribution >= 4 is 5.70 Å². The highest BCUT2D eigenvalue weighted by atomic mass is 19.4. The Balaban J connectivity index is 2.37. The van der Waals surface area contributed by atoms with Crippen LogP contribution in [0.1, 0.15) is 11.1 Å². The van der Waals surface area contributed by atoms with E-state index in [1.807, 2.05) is 0 Å². The van der Waals surface area contributed by atoms with Crippen LogP contribution in [0.4, 0.5) is 26.3 Å². The zero-order valence-corrected chi connectivity index (χ0v) is 12.0. The van der Waals surface area contributed by atoms with E-state index in [4.69, 9.17) is 5.11 Å². The van der Waals surface area contributed by atoms with Gasteiger partial charge < -0.3 is 15.5 Å². The maximum atomic E-state index is 13.4. The second kappa shape index (κ2) is 6.14. The number of hydrogen-bond acceptors (Lipinski definition) is 3. The standard InChI is InChI=1S/C15H13F6NO2/c16-14(17,18)10-5-3-9(4-6-10)11-2-1-7-13(22-11,12(24)8-23)15(19,20)21/h1-7,12,22-24H,8H2/t12-,13?/m1/s1. The fourth-order valence-corrected chi connectivity index (χ4v) is 2.30. The first-order valence-corrected chi connectivity index (χ1v) is 6.72. The van der Waals surface area contributed by atoms with E-state index in [0.29, 0.717) is 6.08 Å². The lowest BCUT2D eigenvalue weighted by Crippen LogP contribution is -2.64. The first-order valence-electron chi connectivity index (χ1n) is 6.72. The number of allylic oxidation sites excluding steroid dienone is 2. The van der Waals surface area contributed by atoms with Crippen molar-refractivity contribution in [3.05, 3.63) is 53.6 Å². The summed E-state index contributed by atoms with van der Waals surface area (Å²) in [7, 11) is 0. The number of alkyl halides is 6. The van der Waals surface area contributed by atoms with Crippen molar-refractivity contribution in [3.8, 4) is 0 Å². The highest BCUT2D eigenvalue weighted by Gasteiger charge is 2.58. The van der Waals surface area contributed by atoms with Crippen LogP contribution in [0.5, 0.6) is 0 Å². The molecule has 1 heterocycles. The Kier molecular flexibility index (Phi) is 4.69. The molecule has 0 bridgehead atoms. The molecule has 1 aromatic rings. The summed E-state index contributed by atoms with van der Waals surface area (Å²) in [5.74, 6) is 0. The third-order valence-electron chi connectivity index (χ3n) is 3.65. The van der Waals surface area contributed by atoms with Crippen LogP contribution in [-0.2, 0) is 6.18 Å². The first-order chi connectivity index (χ1) is 11.0. The number of rotatable bonds is 3. The molecule has 0 saturated heterocycles. The van der Waals surface area contributed by atoms with Gasteiger partial charge in [0.1, 0.15) is 6.10 Å². The zero-order valence-electron chi connectivity index (χ0n) is 12.0. The van der Waals surface area contributed by atoms with E-state index in [9.17, 15) is 31.4 Å². The Morgan fingerprint density at radius 1 is 1.04 bits per heavy atom. The molecule has 0 amide bonds. The predicted molar refractivity (Wildman–Crippen MR) is 73.6 cm³/mol. The summed E-state index contributed by atoms with van der Waals surface area (Å²) in [4.78, 5) is 0. The van der Waals surface area contributed by atoms with Gasteiger partial charge in [0, 0.05) is 5.70 Å². The summed E-state index contributed by atoms with van der Waals surface area (Å²) >= 11 is 0. The van der Waals surface area contributed by atoms with E-state index in [1.54, 1.807) is 0 Å². The van der Waals surface area contributed by atoms with Gasteiger partial charge in [-0.05, 0) is 29.8 Å². The highest BCUT2D eigenvalue weighted by Crippen LogP contribution is 2.38. The molecule has 9 heteroatoms. The van der Waals surface area contributed by atoms with Crippen LogP contribution in [0, 0.1) is 0 Å². The van der Waals surface area contributed by atoms with E-state index in [0.717, 1.165) is 30.3 Å². The van der Waals surface area contributed by atoms with Crippen molar-refractivity contribution in [1.29, 1.82) is 0 Å². The monoisotopic (exact) mass is 353 g/mol. The van der Waals surface area contributed by atoms with Gasteiger partial charge in [0.15, 0.2) is 5.54 Å². The summed E-state index contributed by atoms with van der Waals surface area (Å²) < 4.78 is 77.8. The normalized spacial score (nSPS) is 22.8. The Hall–Kier alpha value is -2.00. The van der Waals surface area contributed by atoms with Crippen molar-refractivity contribution in [2.24, 2.45) is 0 Å². The number of aliphatic hydroxyl groups is 2. The quantitative estimate of drug-likeness (QED) is 0.733. The van der Waals surface area contributed by atoms with Gasteiger partial charge in [-0.3, -0.25) is 0 Å². The van der Waals surface area contributed by atoms with Gasteiger partial charge in [-0.1, -0.05) is 18.2 Å². The topological polar surface area (TPSA) is 52.5 Å². The van der Waals surface area contributed by atoms with E-state index >= 15 is 0 Å². The fourth-order valence-electron chi connectivity index (χ4n) is 2.30. The highest BCUT2D eigenvalue weighted by molar-refractivity contribution is 5.68. The van der Waals surface area contributed by atoms with E-state index in [-0.39, 0.29) is 11.3 Å². The van der Waals surface area contributed by atoms with E-state index in [1.165, 1.54) is 6.08 Å². The van der Waals surface area contributed by atoms with Crippen LogP contribution < -0.4 is 5.32 Å². The SMILES string of the molecule is OC[C@@H](O)C1(C(F)(F)F)C=CC=C(c2ccc(C(F)(F)F)cc2)N1. The van der Waals surface area contributed by atoms with Crippen LogP contribution in [0.3, 0.4) is 0 Å². The molecule has 0 aromatic heterocycles. The molecule has 0 spiro atoms. The molecule has 0 aliphatic carbocycles. The third kappa shape index (κ3) is 3.27. The molecule has 1 aliphatic rings. The van der Waals surface area contributed by atoms with Crippen LogP contribution in [0.25, 0.3) is 5.70 Å². The summed E-state index contributed by atoms with van der Waals surface area (Å²) in [6.45, 7) is -1.16. The van der Waals surface area contributed by atoms with Crippen LogP contribution in [-0.4, -0.2) is 34.6 Å². The van der Waals surface area contributed by atoms with Crippen molar-refractivity contribution in [2.75, 3.05) is 6.61 Å². The zero-order chi connectivity index (χ0) is 18.2. The summed E-state index contributed by atoms with van der Waals surface area (Å²) in [5, 5.41) is 20.6. The van der Waals surface area contributed by atoms with Crippen LogP contribution >= 0.6 is 0 Å². The van der Waals surface area contributed by atoms with E-state index in [2.05, 4.69) is 5.32 Å². The lowest BCUT2D eigenvalue weighted by atomic mass is 9.87. The minimum absolute atomic E-state index is 0.0751. The molecule has 2 rings (SSSR count). The van der Waals surface area contributed by atoms with Gasteiger partial charge in [-0.25, -0.2) is 0 Å². The largest absolute Gasteiger partial charge is 0.417 e. The molecule has 0 fully saturated rings. The van der Waals surface area contributed by atoms with Crippen molar-refractivity contribution in [3.63, 3.8) is 0 Å². The van der Waals surface area contributed by atoms with Gasteiger partial charge >= 0.3 is 12.4 Å². The minimum Gasteiger partial charge on any atom is -0.394 e. The fraction of sp³-hybridized carbons (Fsp3) is 0.333. The molecule has 0 radical (unpaired) electrons. The van der Waals surface area contributed by atoms with Gasteiger partial charge in [-0.2, -0.15) is 26.3 Å². The van der Waals surface area contributed by atoms with Gasteiger partial charge in [0.05, 0.1) is 12.2 Å². The first kappa shape index (κ1) is 18.3. The average molecular weight is 353 g/mol. The van der Waals surface area contributed by atoms with Crippen LogP contribution in [0.2, 0.25) is 0 Å². The number of dihydropyridines is 1. The molecular weight excluding hydrogens is 340 g/mol. The second-order valence-electron chi connectivity index (χ2n) is 5.20. The Labute approximate surface area is 132 Å². The lowest BCUT2D eigenvalue weighted by molar-refractivity contribution is -0.207. The number of halogens is 6. The summed E-state index contributed by atoms with van der Waals surface area (Å²) in [6.07, 6.45) is -8.78. The summed E-state index contributed by atoms with van der Waals surface area (Å²) in [6, 6.07) is 3.53. The smallest absolute Gasteiger partial charge is 0.394 e. The van der Waals surface area contributed by atoms with Crippen LogP contribution in [0.15, 0.2) is 42.5 Å². The molecular formula is C15H13F6NO2. The molecule has 0 saturated carbocycles. The van der Waals surface area contributed by atoms with Gasteiger partial charge in [-0.15, -0.1) is 0 Å². The molecule has 2 atom stereocenters. The molecule has 1 aromatic carbocycles. The minimum atomic E-state index is -4.95. The second-order valence-corrected chi connectivity index (χ2v) is 5.20. The maximum Gasteiger partial charge on any atom is 0.417 e. The molecule has 24 heavy (non-hydrogen) atoms. The average Bonchev–Trinajstić information content (AvgIpc) is 2.52. The van der Waals surface area contributed by atoms with Crippen molar-refractivity contribution in [1.82, 2.24) is 5.32 Å².